The molecule has 1 atom stereocenters. The molecule has 0 saturated carbocycles. The Morgan fingerprint density at radius 3 is 2.09 bits per heavy atom. The van der Waals surface area contributed by atoms with Gasteiger partial charge in [-0.1, -0.05) is 30.3 Å². The summed E-state index contributed by atoms with van der Waals surface area (Å²) in [6.45, 7) is 0.983. The first-order valence-electron chi connectivity index (χ1n) is 13.1. The molecule has 3 heterocycles. The highest BCUT2D eigenvalue weighted by Gasteiger charge is 2.41. The second-order valence-electron chi connectivity index (χ2n) is 9.75. The number of alkyl halides is 6. The van der Waals surface area contributed by atoms with E-state index < -0.39 is 47.3 Å². The minimum atomic E-state index is -4.94. The fourth-order valence-corrected chi connectivity index (χ4v) is 4.53. The van der Waals surface area contributed by atoms with Crippen LogP contribution >= 0.6 is 0 Å². The van der Waals surface area contributed by atoms with Gasteiger partial charge in [0.15, 0.2) is 11.8 Å². The summed E-state index contributed by atoms with van der Waals surface area (Å²) in [7, 11) is 0. The van der Waals surface area contributed by atoms with Crippen LogP contribution in [-0.4, -0.2) is 58.0 Å². The number of nitrogens with one attached hydrogen (secondary N) is 1. The molecule has 1 aliphatic heterocycles. The fourth-order valence-electron chi connectivity index (χ4n) is 4.53. The van der Waals surface area contributed by atoms with Crippen LogP contribution in [0.5, 0.6) is 0 Å². The molecule has 0 aliphatic carbocycles. The second kappa shape index (κ2) is 12.0. The van der Waals surface area contributed by atoms with Gasteiger partial charge in [0.2, 0.25) is 11.7 Å². The number of carbonyl (C=O) groups excluding carboxylic acids is 2. The topological polar surface area (TPSA) is 112 Å². The number of aliphatic hydroxyl groups excluding tert-OH is 1. The number of hydrogen-bond acceptors (Lipinski definition) is 7. The van der Waals surface area contributed by atoms with Crippen LogP contribution in [0.25, 0.3) is 11.5 Å². The quantitative estimate of drug-likeness (QED) is 0.278. The monoisotopic (exact) mass is 619 g/mol. The van der Waals surface area contributed by atoms with Crippen molar-refractivity contribution in [1.82, 2.24) is 14.9 Å². The first kappa shape index (κ1) is 30.5. The molecule has 0 radical (unpaired) electrons. The Labute approximate surface area is 245 Å². The third kappa shape index (κ3) is 6.67. The van der Waals surface area contributed by atoms with E-state index in [9.17, 15) is 41.0 Å². The van der Waals surface area contributed by atoms with Gasteiger partial charge in [0.1, 0.15) is 5.82 Å². The lowest BCUT2D eigenvalue weighted by atomic mass is 10.1. The largest absolute Gasteiger partial charge is 0.437 e. The Morgan fingerprint density at radius 2 is 1.52 bits per heavy atom. The van der Waals surface area contributed by atoms with Crippen molar-refractivity contribution in [2.45, 2.75) is 18.5 Å². The van der Waals surface area contributed by atoms with Crippen LogP contribution in [0.2, 0.25) is 0 Å². The summed E-state index contributed by atoms with van der Waals surface area (Å²) in [4.78, 5) is 36.4. The molecular formula is C29H23F6N5O4. The zero-order valence-corrected chi connectivity index (χ0v) is 22.6. The molecule has 1 saturated heterocycles. The molecule has 1 unspecified atom stereocenters. The lowest BCUT2D eigenvalue weighted by molar-refractivity contribution is -0.142. The van der Waals surface area contributed by atoms with Crippen molar-refractivity contribution in [2.24, 2.45) is 0 Å². The van der Waals surface area contributed by atoms with E-state index in [0.717, 1.165) is 24.3 Å². The summed E-state index contributed by atoms with van der Waals surface area (Å²) in [6, 6.07) is 14.5. The molecule has 4 aromatic rings. The van der Waals surface area contributed by atoms with Crippen LogP contribution < -0.4 is 10.2 Å². The molecule has 5 rings (SSSR count). The third-order valence-corrected chi connectivity index (χ3v) is 6.83. The lowest BCUT2D eigenvalue weighted by Crippen LogP contribution is -2.50. The molecule has 0 bridgehead atoms. The van der Waals surface area contributed by atoms with Crippen LogP contribution in [-0.2, 0) is 17.1 Å². The zero-order chi connectivity index (χ0) is 31.6. The molecule has 1 aliphatic rings. The molecule has 44 heavy (non-hydrogen) atoms. The van der Waals surface area contributed by atoms with E-state index in [0.29, 0.717) is 18.9 Å². The second-order valence-corrected chi connectivity index (χ2v) is 9.75. The average Bonchev–Trinajstić information content (AvgIpc) is 3.48. The molecule has 0 spiro atoms. The van der Waals surface area contributed by atoms with Gasteiger partial charge >= 0.3 is 12.4 Å². The van der Waals surface area contributed by atoms with E-state index >= 15 is 0 Å². The van der Waals surface area contributed by atoms with Gasteiger partial charge in [0.05, 0.1) is 17.4 Å². The summed E-state index contributed by atoms with van der Waals surface area (Å²) in [6.07, 6.45) is -9.86. The number of aromatic nitrogens is 2. The summed E-state index contributed by atoms with van der Waals surface area (Å²) >= 11 is 0. The van der Waals surface area contributed by atoms with Crippen LogP contribution in [0.4, 0.5) is 37.8 Å². The van der Waals surface area contributed by atoms with Gasteiger partial charge in [-0.25, -0.2) is 9.97 Å². The lowest BCUT2D eigenvalue weighted by Gasteiger charge is -2.36. The number of nitrogens with zero attached hydrogens (tertiary/aromatic N) is 4. The molecule has 2 N–H and O–H groups in total. The maximum absolute atomic E-state index is 13.6. The number of carbonyl (C=O) groups is 2. The number of rotatable bonds is 6. The van der Waals surface area contributed by atoms with Gasteiger partial charge in [-0.2, -0.15) is 26.3 Å². The third-order valence-electron chi connectivity index (χ3n) is 6.83. The molecule has 230 valence electrons. The summed E-state index contributed by atoms with van der Waals surface area (Å²) in [5, 5.41) is 12.7. The molecule has 2 amide bonds. The average molecular weight is 620 g/mol. The molecule has 9 nitrogen and oxygen atoms in total. The summed E-state index contributed by atoms with van der Waals surface area (Å²) in [5.74, 6) is -2.72. The van der Waals surface area contributed by atoms with Crippen molar-refractivity contribution in [3.05, 3.63) is 95.5 Å². The van der Waals surface area contributed by atoms with Crippen LogP contribution in [0.15, 0.2) is 77.3 Å². The van der Waals surface area contributed by atoms with E-state index in [1.807, 2.05) is 4.90 Å². The van der Waals surface area contributed by atoms with Gasteiger partial charge in [0.25, 0.3) is 11.8 Å². The number of anilines is 2. The Balaban J connectivity index is 1.19. The minimum absolute atomic E-state index is 0.0358. The maximum atomic E-state index is 13.6. The Bertz CT molecular complexity index is 1620. The number of benzene rings is 2. The Morgan fingerprint density at radius 1 is 0.864 bits per heavy atom. The van der Waals surface area contributed by atoms with Gasteiger partial charge < -0.3 is 24.6 Å². The standard InChI is InChI=1S/C29H23F6N5O4/c30-28(31,32)19-8-6-17(7-9-19)22(41)27(43)40-14-12-39(13-15-40)21-11-10-20(16-36-21)37-25(42)23-24(29(33,34)35)38-26(44-23)18-4-2-1-3-5-18/h1-11,16,22,41H,12-15H2,(H,37,42). The van der Waals surface area contributed by atoms with E-state index in [1.54, 1.807) is 18.2 Å². The number of pyridine rings is 1. The fraction of sp³-hybridized carbons (Fsp3) is 0.241. The predicted octanol–water partition coefficient (Wildman–Crippen LogP) is 5.41. The van der Waals surface area contributed by atoms with Crippen molar-refractivity contribution in [1.29, 1.82) is 0 Å². The number of halogens is 6. The van der Waals surface area contributed by atoms with Crippen molar-refractivity contribution in [3.8, 4) is 11.5 Å². The van der Waals surface area contributed by atoms with Crippen molar-refractivity contribution in [2.75, 3.05) is 36.4 Å². The highest BCUT2D eigenvalue weighted by Crippen LogP contribution is 2.35. The molecule has 15 heteroatoms. The van der Waals surface area contributed by atoms with E-state index in [4.69, 9.17) is 4.42 Å². The van der Waals surface area contributed by atoms with E-state index in [-0.39, 0.29) is 35.8 Å². The number of amides is 2. The number of piperazine rings is 1. The maximum Gasteiger partial charge on any atom is 0.437 e. The Hall–Kier alpha value is -4.92. The van der Waals surface area contributed by atoms with Crippen LogP contribution in [0, 0.1) is 0 Å². The van der Waals surface area contributed by atoms with Gasteiger partial charge in [0, 0.05) is 31.7 Å². The predicted molar refractivity (Wildman–Crippen MR) is 144 cm³/mol. The van der Waals surface area contributed by atoms with E-state index in [1.165, 1.54) is 35.4 Å². The number of oxazole rings is 1. The van der Waals surface area contributed by atoms with Gasteiger partial charge in [-0.15, -0.1) is 0 Å². The first-order valence-corrected chi connectivity index (χ1v) is 13.1. The van der Waals surface area contributed by atoms with E-state index in [2.05, 4.69) is 15.3 Å². The SMILES string of the molecule is O=C(Nc1ccc(N2CCN(C(=O)C(O)c3ccc(C(F)(F)F)cc3)CC2)nc1)c1oc(-c2ccccc2)nc1C(F)(F)F. The first-order chi connectivity index (χ1) is 20.8. The highest BCUT2D eigenvalue weighted by atomic mass is 19.4. The van der Waals surface area contributed by atoms with Gasteiger partial charge in [-0.05, 0) is 42.0 Å². The highest BCUT2D eigenvalue weighted by molar-refractivity contribution is 6.03. The summed E-state index contributed by atoms with van der Waals surface area (Å²) in [5.41, 5.74) is -1.96. The van der Waals surface area contributed by atoms with Crippen molar-refractivity contribution in [3.63, 3.8) is 0 Å². The van der Waals surface area contributed by atoms with Crippen LogP contribution in [0.3, 0.4) is 0 Å². The number of aliphatic hydroxyl groups is 1. The molecular weight excluding hydrogens is 596 g/mol. The van der Waals surface area contributed by atoms with Crippen LogP contribution in [0.1, 0.15) is 33.5 Å². The zero-order valence-electron chi connectivity index (χ0n) is 22.6. The molecule has 2 aromatic carbocycles. The smallest absolute Gasteiger partial charge is 0.430 e. The van der Waals surface area contributed by atoms with Crippen molar-refractivity contribution >= 4 is 23.3 Å². The summed E-state index contributed by atoms with van der Waals surface area (Å²) < 4.78 is 84.4. The van der Waals surface area contributed by atoms with Crippen molar-refractivity contribution < 1.29 is 45.5 Å². The Kier molecular flexibility index (Phi) is 8.32. The molecule has 1 fully saturated rings. The normalized spacial score (nSPS) is 14.8. The minimum Gasteiger partial charge on any atom is -0.430 e. The van der Waals surface area contributed by atoms with Gasteiger partial charge in [-0.3, -0.25) is 9.59 Å². The number of hydrogen-bond donors (Lipinski definition) is 2. The molecule has 2 aromatic heterocycles.